The van der Waals surface area contributed by atoms with E-state index in [2.05, 4.69) is 4.72 Å². The van der Waals surface area contributed by atoms with Crippen molar-refractivity contribution in [3.8, 4) is 0 Å². The smallest absolute Gasteiger partial charge is 0.264 e. The molecule has 2 aromatic rings. The molecule has 0 aliphatic carbocycles. The first-order chi connectivity index (χ1) is 9.72. The Morgan fingerprint density at radius 2 is 1.67 bits per heavy atom. The topological polar surface area (TPSA) is 72.2 Å². The van der Waals surface area contributed by atoms with Crippen LogP contribution in [0.15, 0.2) is 35.2 Å². The fraction of sp³-hybridized carbons (Fsp3) is 0.0769. The first-order valence-corrected chi connectivity index (χ1v) is 8.36. The molecule has 0 heterocycles. The van der Waals surface area contributed by atoms with E-state index in [1.54, 1.807) is 19.1 Å². The van der Waals surface area contributed by atoms with Crippen LogP contribution in [0.5, 0.6) is 0 Å². The molecular weight excluding hydrogens is 355 g/mol. The van der Waals surface area contributed by atoms with Crippen molar-refractivity contribution in [3.05, 3.63) is 51.0 Å². The molecule has 2 rings (SSSR count). The molecule has 112 valence electrons. The van der Waals surface area contributed by atoms with Crippen molar-refractivity contribution in [1.82, 2.24) is 0 Å². The molecular formula is C13H11Cl3N2O2S. The van der Waals surface area contributed by atoms with Crippen LogP contribution in [0, 0.1) is 6.92 Å². The van der Waals surface area contributed by atoms with Gasteiger partial charge in [0.05, 0.1) is 26.4 Å². The SMILES string of the molecule is Cc1cccc(N)c1S(=O)(=O)Nc1cc(Cl)c(Cl)cc1Cl. The lowest BCUT2D eigenvalue weighted by molar-refractivity contribution is 0.601. The molecule has 0 radical (unpaired) electrons. The molecule has 3 N–H and O–H groups in total. The van der Waals surface area contributed by atoms with Crippen LogP contribution in [-0.2, 0) is 10.0 Å². The van der Waals surface area contributed by atoms with Crippen LogP contribution >= 0.6 is 34.8 Å². The number of halogens is 3. The number of sulfonamides is 1. The van der Waals surface area contributed by atoms with Crippen molar-refractivity contribution in [1.29, 1.82) is 0 Å². The Kier molecular flexibility index (Phi) is 4.58. The van der Waals surface area contributed by atoms with Gasteiger partial charge >= 0.3 is 0 Å². The third kappa shape index (κ3) is 3.37. The summed E-state index contributed by atoms with van der Waals surface area (Å²) in [5, 5.41) is 0.566. The van der Waals surface area contributed by atoms with Gasteiger partial charge in [-0.1, -0.05) is 46.9 Å². The Morgan fingerprint density at radius 3 is 2.29 bits per heavy atom. The van der Waals surface area contributed by atoms with Crippen LogP contribution in [0.25, 0.3) is 0 Å². The predicted molar refractivity (Wildman–Crippen MR) is 87.9 cm³/mol. The average Bonchev–Trinajstić information content (AvgIpc) is 2.35. The highest BCUT2D eigenvalue weighted by Crippen LogP contribution is 2.34. The Balaban J connectivity index is 2.50. The summed E-state index contributed by atoms with van der Waals surface area (Å²) in [6, 6.07) is 7.55. The number of anilines is 2. The lowest BCUT2D eigenvalue weighted by Crippen LogP contribution is -2.16. The van der Waals surface area contributed by atoms with E-state index in [4.69, 9.17) is 40.5 Å². The van der Waals surface area contributed by atoms with E-state index in [1.807, 2.05) is 0 Å². The molecule has 0 unspecified atom stereocenters. The van der Waals surface area contributed by atoms with Gasteiger partial charge < -0.3 is 5.73 Å². The van der Waals surface area contributed by atoms with Gasteiger partial charge in [0.15, 0.2) is 0 Å². The number of nitrogens with two attached hydrogens (primary N) is 1. The summed E-state index contributed by atoms with van der Waals surface area (Å²) in [6.07, 6.45) is 0. The van der Waals surface area contributed by atoms with E-state index in [0.29, 0.717) is 5.56 Å². The fourth-order valence-corrected chi connectivity index (χ4v) is 3.92. The molecule has 0 aliphatic heterocycles. The highest BCUT2D eigenvalue weighted by atomic mass is 35.5. The van der Waals surface area contributed by atoms with Gasteiger partial charge in [-0.05, 0) is 30.7 Å². The Morgan fingerprint density at radius 1 is 1.05 bits per heavy atom. The van der Waals surface area contributed by atoms with Crippen molar-refractivity contribution < 1.29 is 8.42 Å². The van der Waals surface area contributed by atoms with Gasteiger partial charge in [0.2, 0.25) is 0 Å². The molecule has 0 saturated carbocycles. The predicted octanol–water partition coefficient (Wildman–Crippen LogP) is 4.34. The third-order valence-corrected chi connectivity index (χ3v) is 5.38. The summed E-state index contributed by atoms with van der Waals surface area (Å²) in [5.41, 5.74) is 6.57. The summed E-state index contributed by atoms with van der Waals surface area (Å²) in [6.45, 7) is 1.65. The van der Waals surface area contributed by atoms with Crippen LogP contribution < -0.4 is 10.5 Å². The second-order valence-electron chi connectivity index (χ2n) is 4.34. The van der Waals surface area contributed by atoms with E-state index in [-0.39, 0.29) is 31.3 Å². The monoisotopic (exact) mass is 364 g/mol. The maximum Gasteiger partial charge on any atom is 0.264 e. The lowest BCUT2D eigenvalue weighted by Gasteiger charge is -2.14. The van der Waals surface area contributed by atoms with E-state index in [9.17, 15) is 8.42 Å². The molecule has 0 atom stereocenters. The lowest BCUT2D eigenvalue weighted by atomic mass is 10.2. The summed E-state index contributed by atoms with van der Waals surface area (Å²) < 4.78 is 27.3. The zero-order chi connectivity index (χ0) is 15.8. The van der Waals surface area contributed by atoms with Crippen molar-refractivity contribution in [2.45, 2.75) is 11.8 Å². The van der Waals surface area contributed by atoms with Crippen LogP contribution in [0.2, 0.25) is 15.1 Å². The summed E-state index contributed by atoms with van der Waals surface area (Å²) >= 11 is 17.7. The van der Waals surface area contributed by atoms with Gasteiger partial charge in [-0.2, -0.15) is 0 Å². The van der Waals surface area contributed by atoms with Crippen LogP contribution in [0.4, 0.5) is 11.4 Å². The summed E-state index contributed by atoms with van der Waals surface area (Å²) in [5.74, 6) is 0. The summed E-state index contributed by atoms with van der Waals surface area (Å²) in [4.78, 5) is 0.00661. The number of hydrogen-bond acceptors (Lipinski definition) is 3. The fourth-order valence-electron chi connectivity index (χ4n) is 1.84. The highest BCUT2D eigenvalue weighted by molar-refractivity contribution is 7.93. The number of benzene rings is 2. The maximum atomic E-state index is 12.5. The number of aryl methyl sites for hydroxylation is 1. The number of nitrogens with one attached hydrogen (secondary N) is 1. The summed E-state index contributed by atoms with van der Waals surface area (Å²) in [7, 11) is -3.89. The van der Waals surface area contributed by atoms with Crippen LogP contribution in [-0.4, -0.2) is 8.42 Å². The number of rotatable bonds is 3. The third-order valence-electron chi connectivity index (χ3n) is 2.77. The molecule has 0 saturated heterocycles. The second kappa shape index (κ2) is 5.93. The van der Waals surface area contributed by atoms with E-state index < -0.39 is 10.0 Å². The van der Waals surface area contributed by atoms with Gasteiger partial charge in [0.25, 0.3) is 10.0 Å². The van der Waals surface area contributed by atoms with Crippen molar-refractivity contribution in [2.24, 2.45) is 0 Å². The van der Waals surface area contributed by atoms with Crippen molar-refractivity contribution in [3.63, 3.8) is 0 Å². The van der Waals surface area contributed by atoms with Crippen molar-refractivity contribution >= 4 is 56.2 Å². The minimum absolute atomic E-state index is 0.00661. The van der Waals surface area contributed by atoms with Gasteiger partial charge in [-0.3, -0.25) is 4.72 Å². The molecule has 2 aromatic carbocycles. The van der Waals surface area contributed by atoms with Crippen LogP contribution in [0.1, 0.15) is 5.56 Å². The zero-order valence-electron chi connectivity index (χ0n) is 10.8. The van der Waals surface area contributed by atoms with E-state index in [1.165, 1.54) is 18.2 Å². The largest absolute Gasteiger partial charge is 0.398 e. The number of nitrogen functional groups attached to an aromatic ring is 1. The Bertz CT molecular complexity index is 787. The minimum atomic E-state index is -3.89. The normalized spacial score (nSPS) is 11.4. The highest BCUT2D eigenvalue weighted by Gasteiger charge is 2.21. The zero-order valence-corrected chi connectivity index (χ0v) is 13.9. The van der Waals surface area contributed by atoms with Gasteiger partial charge in [0.1, 0.15) is 4.90 Å². The molecule has 0 amide bonds. The van der Waals surface area contributed by atoms with Gasteiger partial charge in [-0.25, -0.2) is 8.42 Å². The molecule has 0 aromatic heterocycles. The minimum Gasteiger partial charge on any atom is -0.398 e. The quantitative estimate of drug-likeness (QED) is 0.628. The second-order valence-corrected chi connectivity index (χ2v) is 7.19. The standard InChI is InChI=1S/C13H11Cl3N2O2S/c1-7-3-2-4-11(17)13(7)21(19,20)18-12-6-9(15)8(14)5-10(12)16/h2-6,18H,17H2,1H3. The molecule has 0 bridgehead atoms. The molecule has 0 spiro atoms. The first kappa shape index (κ1) is 16.2. The first-order valence-electron chi connectivity index (χ1n) is 5.75. The number of hydrogen-bond donors (Lipinski definition) is 2. The molecule has 0 aliphatic rings. The molecule has 0 fully saturated rings. The Labute approximate surface area is 137 Å². The van der Waals surface area contributed by atoms with E-state index >= 15 is 0 Å². The van der Waals surface area contributed by atoms with Crippen LogP contribution in [0.3, 0.4) is 0 Å². The Hall–Kier alpha value is -1.14. The van der Waals surface area contributed by atoms with Gasteiger partial charge in [-0.15, -0.1) is 0 Å². The molecule has 8 heteroatoms. The van der Waals surface area contributed by atoms with Gasteiger partial charge in [0, 0.05) is 0 Å². The average molecular weight is 366 g/mol. The van der Waals surface area contributed by atoms with Crippen molar-refractivity contribution in [2.75, 3.05) is 10.5 Å². The molecule has 4 nitrogen and oxygen atoms in total. The maximum absolute atomic E-state index is 12.5. The molecule has 21 heavy (non-hydrogen) atoms. The van der Waals surface area contributed by atoms with E-state index in [0.717, 1.165) is 0 Å².